The van der Waals surface area contributed by atoms with Crippen molar-refractivity contribution in [2.45, 2.75) is 54.4 Å². The van der Waals surface area contributed by atoms with Crippen LogP contribution in [0.15, 0.2) is 6.07 Å². The highest BCUT2D eigenvalue weighted by atomic mass is 16.5. The van der Waals surface area contributed by atoms with Crippen molar-refractivity contribution in [3.8, 4) is 0 Å². The molecule has 0 aliphatic carbocycles. The van der Waals surface area contributed by atoms with Crippen molar-refractivity contribution in [2.24, 2.45) is 0 Å². The second kappa shape index (κ2) is 11.2. The highest BCUT2D eigenvalue weighted by Gasteiger charge is 2.12. The molecule has 0 saturated carbocycles. The molecule has 17 heavy (non-hydrogen) atoms. The summed E-state index contributed by atoms with van der Waals surface area (Å²) in [4.78, 5) is 11.2. The average molecular weight is 242 g/mol. The Morgan fingerprint density at radius 3 is 2.24 bits per heavy atom. The lowest BCUT2D eigenvalue weighted by atomic mass is 10.1. The lowest BCUT2D eigenvalue weighted by molar-refractivity contribution is 0.0519. The zero-order chi connectivity index (χ0) is 13.8. The Balaban J connectivity index is 0. The molecule has 0 atom stereocenters. The van der Waals surface area contributed by atoms with E-state index in [2.05, 4.69) is 10.2 Å². The maximum atomic E-state index is 11.2. The van der Waals surface area contributed by atoms with Gasteiger partial charge in [-0.05, 0) is 18.9 Å². The van der Waals surface area contributed by atoms with Crippen LogP contribution in [0.4, 0.5) is 0 Å². The zero-order valence-corrected chi connectivity index (χ0v) is 12.1. The molecule has 0 spiro atoms. The van der Waals surface area contributed by atoms with Gasteiger partial charge in [0.25, 0.3) is 0 Å². The molecule has 100 valence electrons. The molecule has 0 aromatic carbocycles. The van der Waals surface area contributed by atoms with Crippen LogP contribution in [0.3, 0.4) is 0 Å². The molecule has 1 heterocycles. The number of carbonyl (C=O) groups excluding carboxylic acids is 1. The number of aromatic nitrogens is 2. The molecule has 0 amide bonds. The molecule has 4 nitrogen and oxygen atoms in total. The first-order valence-corrected chi connectivity index (χ1v) is 6.37. The number of hydrogen-bond acceptors (Lipinski definition) is 3. The average Bonchev–Trinajstić information content (AvgIpc) is 2.84. The van der Waals surface area contributed by atoms with Crippen LogP contribution in [0.5, 0.6) is 0 Å². The quantitative estimate of drug-likeness (QED) is 0.821. The molecule has 1 aromatic rings. The Labute approximate surface area is 105 Å². The Bertz CT molecular complexity index is 293. The maximum absolute atomic E-state index is 11.2. The number of ether oxygens (including phenoxy) is 1. The number of nitrogens with one attached hydrogen (secondary N) is 1. The van der Waals surface area contributed by atoms with Crippen LogP contribution in [0.25, 0.3) is 0 Å². The van der Waals surface area contributed by atoms with E-state index in [0.29, 0.717) is 18.2 Å². The summed E-state index contributed by atoms with van der Waals surface area (Å²) in [6.07, 6.45) is 0. The summed E-state index contributed by atoms with van der Waals surface area (Å²) < 4.78 is 4.80. The SMILES string of the molecule is CC.CC.CCOC(=O)c1cc(C(C)C)[nH]n1. The number of esters is 1. The standard InChI is InChI=1S/C9H14N2O2.2C2H6/c1-4-13-9(12)8-5-7(6(2)3)10-11-8;2*1-2/h5-6H,4H2,1-3H3,(H,10,11);2*1-2H3. The predicted octanol–water partition coefficient (Wildman–Crippen LogP) is 3.76. The summed E-state index contributed by atoms with van der Waals surface area (Å²) in [5.41, 5.74) is 1.30. The summed E-state index contributed by atoms with van der Waals surface area (Å²) in [5, 5.41) is 6.65. The van der Waals surface area contributed by atoms with Gasteiger partial charge in [-0.15, -0.1) is 0 Å². The van der Waals surface area contributed by atoms with Gasteiger partial charge in [-0.25, -0.2) is 4.79 Å². The smallest absolute Gasteiger partial charge is 0.358 e. The van der Waals surface area contributed by atoms with Gasteiger partial charge in [-0.3, -0.25) is 5.10 Å². The summed E-state index contributed by atoms with van der Waals surface area (Å²) in [7, 11) is 0. The topological polar surface area (TPSA) is 55.0 Å². The van der Waals surface area contributed by atoms with Gasteiger partial charge in [0.15, 0.2) is 5.69 Å². The lowest BCUT2D eigenvalue weighted by Gasteiger charge is -1.97. The van der Waals surface area contributed by atoms with Crippen molar-refractivity contribution in [1.29, 1.82) is 0 Å². The molecule has 0 saturated heterocycles. The van der Waals surface area contributed by atoms with E-state index in [1.165, 1.54) is 0 Å². The molecule has 1 aromatic heterocycles. The minimum Gasteiger partial charge on any atom is -0.461 e. The van der Waals surface area contributed by atoms with Gasteiger partial charge >= 0.3 is 5.97 Å². The van der Waals surface area contributed by atoms with Crippen molar-refractivity contribution < 1.29 is 9.53 Å². The predicted molar refractivity (Wildman–Crippen MR) is 71.3 cm³/mol. The first-order valence-electron chi connectivity index (χ1n) is 6.37. The fraction of sp³-hybridized carbons (Fsp3) is 0.692. The van der Waals surface area contributed by atoms with Gasteiger partial charge in [0, 0.05) is 5.69 Å². The van der Waals surface area contributed by atoms with Crippen LogP contribution < -0.4 is 0 Å². The normalized spacial score (nSPS) is 8.71. The number of hydrogen-bond donors (Lipinski definition) is 1. The van der Waals surface area contributed by atoms with E-state index in [9.17, 15) is 4.79 Å². The van der Waals surface area contributed by atoms with Crippen LogP contribution in [-0.2, 0) is 4.74 Å². The summed E-state index contributed by atoms with van der Waals surface area (Å²) in [5.74, 6) is -0.0265. The second-order valence-electron chi connectivity index (χ2n) is 3.08. The van der Waals surface area contributed by atoms with E-state index in [-0.39, 0.29) is 5.97 Å². The van der Waals surface area contributed by atoms with Crippen LogP contribution in [0.2, 0.25) is 0 Å². The van der Waals surface area contributed by atoms with E-state index in [0.717, 1.165) is 5.69 Å². The zero-order valence-electron chi connectivity index (χ0n) is 12.1. The molecule has 0 radical (unpaired) electrons. The third-order valence-corrected chi connectivity index (χ3v) is 1.70. The molecule has 1 rings (SSSR count). The highest BCUT2D eigenvalue weighted by molar-refractivity contribution is 5.87. The van der Waals surface area contributed by atoms with Crippen molar-refractivity contribution in [1.82, 2.24) is 10.2 Å². The van der Waals surface area contributed by atoms with Crippen LogP contribution in [-0.4, -0.2) is 22.8 Å². The monoisotopic (exact) mass is 242 g/mol. The Morgan fingerprint density at radius 2 is 1.88 bits per heavy atom. The minimum absolute atomic E-state index is 0.343. The summed E-state index contributed by atoms with van der Waals surface area (Å²) in [6, 6.07) is 1.72. The van der Waals surface area contributed by atoms with Crippen LogP contribution >= 0.6 is 0 Å². The fourth-order valence-corrected chi connectivity index (χ4v) is 0.942. The van der Waals surface area contributed by atoms with Gasteiger partial charge in [0.05, 0.1) is 6.61 Å². The number of rotatable bonds is 3. The number of aromatic amines is 1. The van der Waals surface area contributed by atoms with E-state index < -0.39 is 0 Å². The molecule has 0 aliphatic rings. The first kappa shape index (κ1) is 18.1. The summed E-state index contributed by atoms with van der Waals surface area (Å²) >= 11 is 0. The van der Waals surface area contributed by atoms with Crippen molar-refractivity contribution in [3.63, 3.8) is 0 Å². The number of carbonyl (C=O) groups is 1. The molecular formula is C13H26N2O2. The molecule has 1 N–H and O–H groups in total. The second-order valence-corrected chi connectivity index (χ2v) is 3.08. The first-order chi connectivity index (χ1) is 8.15. The van der Waals surface area contributed by atoms with Crippen molar-refractivity contribution in [2.75, 3.05) is 6.61 Å². The van der Waals surface area contributed by atoms with E-state index in [1.54, 1.807) is 13.0 Å². The van der Waals surface area contributed by atoms with Crippen molar-refractivity contribution >= 4 is 5.97 Å². The van der Waals surface area contributed by atoms with Gasteiger partial charge in [0.2, 0.25) is 0 Å². The summed E-state index contributed by atoms with van der Waals surface area (Å²) in [6.45, 7) is 14.2. The van der Waals surface area contributed by atoms with Crippen LogP contribution in [0, 0.1) is 0 Å². The molecule has 0 unspecified atom stereocenters. The van der Waals surface area contributed by atoms with Gasteiger partial charge < -0.3 is 4.74 Å². The third-order valence-electron chi connectivity index (χ3n) is 1.70. The molecular weight excluding hydrogens is 216 g/mol. The van der Waals surface area contributed by atoms with E-state index in [1.807, 2.05) is 41.5 Å². The van der Waals surface area contributed by atoms with Gasteiger partial charge in [0.1, 0.15) is 0 Å². The Morgan fingerprint density at radius 1 is 1.35 bits per heavy atom. The van der Waals surface area contributed by atoms with E-state index in [4.69, 9.17) is 4.74 Å². The maximum Gasteiger partial charge on any atom is 0.358 e. The van der Waals surface area contributed by atoms with E-state index >= 15 is 0 Å². The van der Waals surface area contributed by atoms with Crippen molar-refractivity contribution in [3.05, 3.63) is 17.5 Å². The molecule has 4 heteroatoms. The minimum atomic E-state index is -0.370. The third kappa shape index (κ3) is 6.76. The Kier molecular flexibility index (Phi) is 11.9. The lowest BCUT2D eigenvalue weighted by Crippen LogP contribution is -2.04. The van der Waals surface area contributed by atoms with Crippen LogP contribution in [0.1, 0.15) is 70.6 Å². The molecule has 0 fully saturated rings. The van der Waals surface area contributed by atoms with Gasteiger partial charge in [-0.1, -0.05) is 41.5 Å². The largest absolute Gasteiger partial charge is 0.461 e. The Hall–Kier alpha value is -1.32. The number of nitrogens with zero attached hydrogens (tertiary/aromatic N) is 1. The highest BCUT2D eigenvalue weighted by Crippen LogP contribution is 2.12. The molecule has 0 bridgehead atoms. The fourth-order valence-electron chi connectivity index (χ4n) is 0.942. The molecule has 0 aliphatic heterocycles. The number of H-pyrrole nitrogens is 1. The van der Waals surface area contributed by atoms with Gasteiger partial charge in [-0.2, -0.15) is 5.10 Å².